The number of esters is 1. The summed E-state index contributed by atoms with van der Waals surface area (Å²) in [5.41, 5.74) is 1.61. The van der Waals surface area contributed by atoms with Crippen molar-refractivity contribution in [2.24, 2.45) is 0 Å². The summed E-state index contributed by atoms with van der Waals surface area (Å²) in [5.74, 6) is -0.533. The first-order chi connectivity index (χ1) is 14.4. The molecule has 1 fully saturated rings. The summed E-state index contributed by atoms with van der Waals surface area (Å²) in [6, 6.07) is 9.82. The van der Waals surface area contributed by atoms with E-state index in [1.807, 2.05) is 0 Å². The summed E-state index contributed by atoms with van der Waals surface area (Å²) in [6.45, 7) is 4.13. The Morgan fingerprint density at radius 3 is 2.53 bits per heavy atom. The highest BCUT2D eigenvalue weighted by Crippen LogP contribution is 2.30. The lowest BCUT2D eigenvalue weighted by Crippen LogP contribution is -2.37. The van der Waals surface area contributed by atoms with Crippen LogP contribution >= 0.6 is 23.2 Å². The van der Waals surface area contributed by atoms with Gasteiger partial charge in [0, 0.05) is 18.1 Å². The maximum Gasteiger partial charge on any atom is 0.337 e. The van der Waals surface area contributed by atoms with E-state index in [1.165, 1.54) is 7.11 Å². The van der Waals surface area contributed by atoms with Crippen molar-refractivity contribution in [2.45, 2.75) is 13.0 Å². The minimum Gasteiger partial charge on any atom is -0.479 e. The molecule has 1 heterocycles. The summed E-state index contributed by atoms with van der Waals surface area (Å²) in [4.78, 5) is 26.9. The van der Waals surface area contributed by atoms with Crippen molar-refractivity contribution >= 4 is 46.5 Å². The third-order valence-corrected chi connectivity index (χ3v) is 5.12. The fourth-order valence-electron chi connectivity index (χ4n) is 3.01. The van der Waals surface area contributed by atoms with E-state index in [-0.39, 0.29) is 0 Å². The normalized spacial score (nSPS) is 14.7. The fourth-order valence-corrected chi connectivity index (χ4v) is 3.46. The predicted molar refractivity (Wildman–Crippen MR) is 116 cm³/mol. The SMILES string of the molecule is COC(=O)c1ccc(N2CCOCC2)c(NC(=O)C(C)Oc2ccc(Cl)cc2Cl)c1. The van der Waals surface area contributed by atoms with E-state index in [4.69, 9.17) is 37.4 Å². The van der Waals surface area contributed by atoms with Gasteiger partial charge >= 0.3 is 5.97 Å². The minimum atomic E-state index is -0.844. The first-order valence-corrected chi connectivity index (χ1v) is 10.1. The van der Waals surface area contributed by atoms with Gasteiger partial charge < -0.3 is 24.4 Å². The average molecular weight is 453 g/mol. The minimum absolute atomic E-state index is 0.309. The molecule has 2 aromatic carbocycles. The van der Waals surface area contributed by atoms with E-state index < -0.39 is 18.0 Å². The van der Waals surface area contributed by atoms with E-state index in [9.17, 15) is 9.59 Å². The van der Waals surface area contributed by atoms with Crippen LogP contribution in [0.3, 0.4) is 0 Å². The largest absolute Gasteiger partial charge is 0.479 e. The van der Waals surface area contributed by atoms with Crippen LogP contribution in [0, 0.1) is 0 Å². The standard InChI is InChI=1S/C21H22Cl2N2O5/c1-13(30-19-6-4-15(22)12-16(19)23)20(26)24-17-11-14(21(27)28-2)3-5-18(17)25-7-9-29-10-8-25/h3-6,11-13H,7-10H2,1-2H3,(H,24,26). The fraction of sp³-hybridized carbons (Fsp3) is 0.333. The first kappa shape index (κ1) is 22.2. The number of halogens is 2. The molecule has 1 aliphatic rings. The molecule has 1 amide bonds. The topological polar surface area (TPSA) is 77.1 Å². The summed E-state index contributed by atoms with van der Waals surface area (Å²) in [5, 5.41) is 3.64. The monoisotopic (exact) mass is 452 g/mol. The summed E-state index contributed by atoms with van der Waals surface area (Å²) in [7, 11) is 1.31. The molecule has 0 bridgehead atoms. The number of hydrogen-bond donors (Lipinski definition) is 1. The zero-order valence-corrected chi connectivity index (χ0v) is 18.1. The molecule has 1 atom stereocenters. The average Bonchev–Trinajstić information content (AvgIpc) is 2.75. The number of methoxy groups -OCH3 is 1. The number of rotatable bonds is 6. The van der Waals surface area contributed by atoms with Crippen LogP contribution in [0.15, 0.2) is 36.4 Å². The highest BCUT2D eigenvalue weighted by Gasteiger charge is 2.22. The molecule has 7 nitrogen and oxygen atoms in total. The molecule has 3 rings (SSSR count). The number of nitrogens with zero attached hydrogens (tertiary/aromatic N) is 1. The van der Waals surface area contributed by atoms with E-state index in [0.717, 1.165) is 5.69 Å². The highest BCUT2D eigenvalue weighted by atomic mass is 35.5. The van der Waals surface area contributed by atoms with Gasteiger partial charge in [-0.3, -0.25) is 4.79 Å². The van der Waals surface area contributed by atoms with Crippen LogP contribution in [-0.2, 0) is 14.3 Å². The van der Waals surface area contributed by atoms with E-state index >= 15 is 0 Å². The van der Waals surface area contributed by atoms with Crippen molar-refractivity contribution in [2.75, 3.05) is 43.6 Å². The van der Waals surface area contributed by atoms with Crippen LogP contribution in [0.5, 0.6) is 5.75 Å². The number of benzene rings is 2. The molecule has 9 heteroatoms. The Hall–Kier alpha value is -2.48. The van der Waals surface area contributed by atoms with Gasteiger partial charge in [0.25, 0.3) is 5.91 Å². The first-order valence-electron chi connectivity index (χ1n) is 9.36. The number of morpholine rings is 1. The van der Waals surface area contributed by atoms with E-state index in [0.29, 0.717) is 53.3 Å². The van der Waals surface area contributed by atoms with Crippen molar-refractivity contribution in [3.8, 4) is 5.75 Å². The van der Waals surface area contributed by atoms with Crippen LogP contribution in [0.4, 0.5) is 11.4 Å². The second-order valence-electron chi connectivity index (χ2n) is 6.65. The van der Waals surface area contributed by atoms with Gasteiger partial charge in [-0.25, -0.2) is 4.79 Å². The maximum absolute atomic E-state index is 12.8. The molecule has 0 saturated carbocycles. The molecular formula is C21H22Cl2N2O5. The van der Waals surface area contributed by atoms with Crippen molar-refractivity contribution in [1.29, 1.82) is 0 Å². The number of anilines is 2. The van der Waals surface area contributed by atoms with Crippen LogP contribution in [0.25, 0.3) is 0 Å². The van der Waals surface area contributed by atoms with Gasteiger partial charge in [-0.15, -0.1) is 0 Å². The van der Waals surface area contributed by atoms with Gasteiger partial charge in [-0.05, 0) is 43.3 Å². The Bertz CT molecular complexity index is 932. The molecule has 1 N–H and O–H groups in total. The molecule has 0 spiro atoms. The number of ether oxygens (including phenoxy) is 3. The zero-order chi connectivity index (χ0) is 21.7. The van der Waals surface area contributed by atoms with Crippen LogP contribution < -0.4 is 15.0 Å². The second kappa shape index (κ2) is 10.0. The molecule has 1 unspecified atom stereocenters. The number of carbonyl (C=O) groups is 2. The van der Waals surface area contributed by atoms with Crippen molar-refractivity contribution in [3.63, 3.8) is 0 Å². The van der Waals surface area contributed by atoms with Crippen molar-refractivity contribution < 1.29 is 23.8 Å². The van der Waals surface area contributed by atoms with Crippen molar-refractivity contribution in [3.05, 3.63) is 52.0 Å². The number of carbonyl (C=O) groups excluding carboxylic acids is 2. The molecule has 1 saturated heterocycles. The molecule has 1 aliphatic heterocycles. The lowest BCUT2D eigenvalue weighted by atomic mass is 10.1. The molecular weight excluding hydrogens is 431 g/mol. The third kappa shape index (κ3) is 5.36. The van der Waals surface area contributed by atoms with Crippen molar-refractivity contribution in [1.82, 2.24) is 0 Å². The summed E-state index contributed by atoms with van der Waals surface area (Å²) in [6.07, 6.45) is -0.844. The maximum atomic E-state index is 12.8. The molecule has 0 radical (unpaired) electrons. The lowest BCUT2D eigenvalue weighted by Gasteiger charge is -2.31. The van der Waals surface area contributed by atoms with Crippen LogP contribution in [0.2, 0.25) is 10.0 Å². The van der Waals surface area contributed by atoms with Gasteiger partial charge in [0.2, 0.25) is 0 Å². The lowest BCUT2D eigenvalue weighted by molar-refractivity contribution is -0.122. The highest BCUT2D eigenvalue weighted by molar-refractivity contribution is 6.35. The van der Waals surface area contributed by atoms with Crippen LogP contribution in [-0.4, -0.2) is 51.4 Å². The van der Waals surface area contributed by atoms with Crippen LogP contribution in [0.1, 0.15) is 17.3 Å². The zero-order valence-electron chi connectivity index (χ0n) is 16.6. The van der Waals surface area contributed by atoms with E-state index in [2.05, 4.69) is 10.2 Å². The molecule has 160 valence electrons. The Morgan fingerprint density at radius 2 is 1.87 bits per heavy atom. The molecule has 0 aromatic heterocycles. The Balaban J connectivity index is 1.81. The van der Waals surface area contributed by atoms with Gasteiger partial charge in [0.05, 0.1) is 42.3 Å². The van der Waals surface area contributed by atoms with Gasteiger partial charge in [-0.2, -0.15) is 0 Å². The summed E-state index contributed by atoms with van der Waals surface area (Å²) >= 11 is 12.0. The second-order valence-corrected chi connectivity index (χ2v) is 7.49. The third-order valence-electron chi connectivity index (χ3n) is 4.59. The molecule has 2 aromatic rings. The number of amides is 1. The summed E-state index contributed by atoms with van der Waals surface area (Å²) < 4.78 is 15.9. The Morgan fingerprint density at radius 1 is 1.13 bits per heavy atom. The number of nitrogens with one attached hydrogen (secondary N) is 1. The Labute approximate surface area is 184 Å². The Kier molecular flexibility index (Phi) is 7.42. The van der Waals surface area contributed by atoms with Gasteiger partial charge in [-0.1, -0.05) is 23.2 Å². The predicted octanol–water partition coefficient (Wildman–Crippen LogP) is 4.02. The smallest absolute Gasteiger partial charge is 0.337 e. The quantitative estimate of drug-likeness (QED) is 0.666. The van der Waals surface area contributed by atoms with E-state index in [1.54, 1.807) is 43.3 Å². The van der Waals surface area contributed by atoms with Gasteiger partial charge in [0.1, 0.15) is 5.75 Å². The number of hydrogen-bond acceptors (Lipinski definition) is 6. The molecule has 0 aliphatic carbocycles. The molecule has 30 heavy (non-hydrogen) atoms. The van der Waals surface area contributed by atoms with Gasteiger partial charge in [0.15, 0.2) is 6.10 Å².